The largest absolute Gasteiger partial charge is 0.288 e. The first-order chi connectivity index (χ1) is 69.4. The van der Waals surface area contributed by atoms with E-state index in [0.717, 1.165) is 184 Å². The number of hydrogen-bond acceptors (Lipinski definition) is 12. The quantitative estimate of drug-likeness (QED) is 0.132. The lowest BCUT2D eigenvalue weighted by atomic mass is 9.94. The van der Waals surface area contributed by atoms with Gasteiger partial charge in [-0.1, -0.05) is 176 Å². The van der Waals surface area contributed by atoms with E-state index in [1.807, 2.05) is 98.1 Å². The van der Waals surface area contributed by atoms with Gasteiger partial charge in [-0.15, -0.1) is 0 Å². The molecule has 0 N–H and O–H groups in total. The summed E-state index contributed by atoms with van der Waals surface area (Å²) in [5.41, 5.74) is 63.6. The summed E-state index contributed by atoms with van der Waals surface area (Å²) >= 11 is 0. The number of benzene rings is 12. The van der Waals surface area contributed by atoms with Crippen LogP contribution in [0.4, 0.5) is 0 Å². The monoisotopic (exact) mass is 1780 g/mol. The van der Waals surface area contributed by atoms with Gasteiger partial charge < -0.3 is 0 Å². The van der Waals surface area contributed by atoms with Crippen LogP contribution in [0.15, 0.2) is 341 Å². The molecule has 28 aromatic rings. The Kier molecular flexibility index (Phi) is 14.9. The van der Waals surface area contributed by atoms with E-state index in [1.165, 1.54) is 200 Å². The van der Waals surface area contributed by atoms with Crippen LogP contribution in [0.1, 0.15) is 89.0 Å². The van der Waals surface area contributed by atoms with Gasteiger partial charge in [0.1, 0.15) is 22.6 Å². The van der Waals surface area contributed by atoms with Gasteiger partial charge in [-0.3, -0.25) is 37.5 Å². The van der Waals surface area contributed by atoms with Crippen molar-refractivity contribution in [3.8, 4) is 89.0 Å². The van der Waals surface area contributed by atoms with Crippen LogP contribution in [0.5, 0.6) is 0 Å². The average molecular weight is 1790 g/mol. The van der Waals surface area contributed by atoms with Crippen molar-refractivity contribution < 1.29 is 0 Å². The minimum Gasteiger partial charge on any atom is -0.288 e. The smallest absolute Gasteiger partial charge is 0.178 e. The van der Waals surface area contributed by atoms with E-state index >= 15 is 0 Å². The highest BCUT2D eigenvalue weighted by atomic mass is 15.1. The number of nitrogens with zero attached hydrogens (tertiary/aromatic N) is 16. The van der Waals surface area contributed by atoms with Gasteiger partial charge in [0.25, 0.3) is 0 Å². The number of rotatable bonds is 0. The molecule has 0 radical (unpaired) electrons. The summed E-state index contributed by atoms with van der Waals surface area (Å²) in [6, 6.07) is 105. The lowest BCUT2D eigenvalue weighted by Crippen LogP contribution is -1.95. The fourth-order valence-corrected chi connectivity index (χ4v) is 26.0. The van der Waals surface area contributed by atoms with Crippen molar-refractivity contribution in [2.24, 2.45) is 0 Å². The minimum atomic E-state index is 0.767. The summed E-state index contributed by atoms with van der Waals surface area (Å²) in [5, 5.41) is 9.32. The molecule has 16 heteroatoms. The van der Waals surface area contributed by atoms with Gasteiger partial charge >= 0.3 is 0 Å². The third kappa shape index (κ3) is 10.2. The average Bonchev–Trinajstić information content (AvgIpc) is 1.55. The lowest BCUT2D eigenvalue weighted by Gasteiger charge is -2.13. The maximum atomic E-state index is 5.08. The summed E-state index contributed by atoms with van der Waals surface area (Å²) in [6.45, 7) is 0. The van der Waals surface area contributed by atoms with Crippen LogP contribution >= 0.6 is 0 Å². The van der Waals surface area contributed by atoms with Crippen LogP contribution in [0.25, 0.3) is 243 Å². The summed E-state index contributed by atoms with van der Waals surface area (Å²) in [6.07, 6.45) is 22.7. The topological polar surface area (TPSA) is 172 Å². The first kappa shape index (κ1) is 75.1. The zero-order chi connectivity index (χ0) is 90.7. The summed E-state index contributed by atoms with van der Waals surface area (Å²) < 4.78 is 8.98. The zero-order valence-corrected chi connectivity index (χ0v) is 75.1. The Morgan fingerprint density at radius 3 is 0.886 bits per heavy atom. The summed E-state index contributed by atoms with van der Waals surface area (Å²) in [4.78, 5) is 58.0. The van der Waals surface area contributed by atoms with E-state index in [1.54, 1.807) is 0 Å². The Labute approximate surface area is 796 Å². The highest BCUT2D eigenvalue weighted by molar-refractivity contribution is 6.24. The molecule has 0 saturated carbocycles. The van der Waals surface area contributed by atoms with Gasteiger partial charge in [-0.05, 0) is 345 Å². The van der Waals surface area contributed by atoms with Crippen molar-refractivity contribution in [1.82, 2.24) is 77.4 Å². The number of hydrogen-bond donors (Lipinski definition) is 0. The molecule has 8 aliphatic carbocycles. The summed E-state index contributed by atoms with van der Waals surface area (Å²) in [5.74, 6) is 0. The van der Waals surface area contributed by atoms with Crippen LogP contribution in [0, 0.1) is 0 Å². The van der Waals surface area contributed by atoms with Crippen molar-refractivity contribution in [1.29, 1.82) is 0 Å². The highest BCUT2D eigenvalue weighted by Gasteiger charge is 2.37. The Balaban J connectivity index is 0.0000000829. The standard InChI is InChI=1S/4C31H18N4/c1-2-6-20-17(5-1)15-18-9-11-21-23(26(18)20)16-19-10-12-22-28(27(19)21)31-34-30-25(8-4-14-33-30)35(31)24-7-3-13-32-29(22)24;1-2-6-19-17(5-1)15-23-20(19)11-12-21-24(23)16-18-9-10-22-28(27(18)21)31-34-30-26(8-4-14-33-30)35(31)25-7-3-13-32-29(22)25;1-2-6-21-17(5-1)13-19-16-24-20(15-23(19)21)14-18-9-10-22-28(27(18)24)31-34-30-26(8-4-12-33-30)35(31)25-7-3-11-32-29(22)25;1-2-6-21-17(5-1)13-19-15-20-14-18-9-10-22-28(27(18)24(20)16-23(19)21)31-34-30-26(8-4-12-33-30)35(31)25-7-3-11-32-29(22)25/h2*1-14H,15-16H2;2*1-12,15-16H,13-14H2. The van der Waals surface area contributed by atoms with Crippen LogP contribution in [-0.4, -0.2) is 77.4 Å². The SMILES string of the molecule is c1ccc2c(c1)Cc1c-2ccc2c1Cc1ccc3c4ncccc4n4c5cccnc5nc4c3c1-2.c1ccc2c(c1)Cc1cc3c(cc1-2)-c1c(ccc2c4ncccc4n4c5cccnc5nc4c12)C3.c1ccc2c(c1)Cc1cc3c(cc1-2)Cc1ccc2c4ncccc4n4c5cccnc5nc4c2c1-3.c1ccc2c(c1)Cc1ccc3c(c1-2)Cc1ccc2c4ncccc4n4c5cccnc5nc4c2c1-3. The molecule has 0 bridgehead atoms. The molecule has 36 rings (SSSR count). The van der Waals surface area contributed by atoms with E-state index in [9.17, 15) is 0 Å². The molecule has 16 heterocycles. The fourth-order valence-electron chi connectivity index (χ4n) is 26.0. The molecule has 0 amide bonds. The van der Waals surface area contributed by atoms with Crippen molar-refractivity contribution in [2.75, 3.05) is 0 Å². The van der Waals surface area contributed by atoms with E-state index < -0.39 is 0 Å². The molecule has 12 aromatic carbocycles. The third-order valence-corrected chi connectivity index (χ3v) is 31.7. The summed E-state index contributed by atoms with van der Waals surface area (Å²) in [7, 11) is 0. The predicted molar refractivity (Wildman–Crippen MR) is 559 cm³/mol. The molecular formula is C124H72N16. The van der Waals surface area contributed by atoms with Crippen LogP contribution in [0.2, 0.25) is 0 Å². The molecule has 0 atom stereocenters. The van der Waals surface area contributed by atoms with Gasteiger partial charge in [0.05, 0.1) is 66.2 Å². The first-order valence-corrected chi connectivity index (χ1v) is 48.2. The minimum absolute atomic E-state index is 0.767. The predicted octanol–water partition coefficient (Wildman–Crippen LogP) is 26.9. The molecule has 16 aromatic heterocycles. The number of pyridine rings is 12. The second-order valence-electron chi connectivity index (χ2n) is 38.7. The first-order valence-electron chi connectivity index (χ1n) is 48.2. The molecule has 140 heavy (non-hydrogen) atoms. The zero-order valence-electron chi connectivity index (χ0n) is 75.1. The van der Waals surface area contributed by atoms with Gasteiger partial charge in [0.2, 0.25) is 0 Å². The van der Waals surface area contributed by atoms with Crippen molar-refractivity contribution >= 4 is 154 Å². The molecular weight excluding hydrogens is 1710 g/mol. The van der Waals surface area contributed by atoms with Crippen LogP contribution < -0.4 is 0 Å². The molecule has 0 spiro atoms. The van der Waals surface area contributed by atoms with E-state index in [4.69, 9.17) is 39.9 Å². The van der Waals surface area contributed by atoms with Gasteiger partial charge in [-0.25, -0.2) is 39.9 Å². The third-order valence-electron chi connectivity index (χ3n) is 31.7. The molecule has 648 valence electrons. The Morgan fingerprint density at radius 2 is 0.436 bits per heavy atom. The second kappa shape index (κ2) is 27.7. The molecule has 16 nitrogen and oxygen atoms in total. The highest BCUT2D eigenvalue weighted by Crippen LogP contribution is 2.57. The lowest BCUT2D eigenvalue weighted by molar-refractivity contribution is 1.16. The normalized spacial score (nSPS) is 13.5. The van der Waals surface area contributed by atoms with Gasteiger partial charge in [0.15, 0.2) is 22.6 Å². The van der Waals surface area contributed by atoms with Crippen LogP contribution in [0.3, 0.4) is 0 Å². The van der Waals surface area contributed by atoms with E-state index in [-0.39, 0.29) is 0 Å². The number of imidazole rings is 4. The van der Waals surface area contributed by atoms with Crippen molar-refractivity contribution in [3.05, 3.63) is 430 Å². The molecule has 0 aliphatic heterocycles. The maximum absolute atomic E-state index is 5.08. The van der Waals surface area contributed by atoms with Crippen molar-refractivity contribution in [2.45, 2.75) is 51.4 Å². The van der Waals surface area contributed by atoms with E-state index in [0.29, 0.717) is 0 Å². The Hall–Kier alpha value is -18.3. The molecule has 0 fully saturated rings. The number of fused-ring (bicyclic) bond motifs is 62. The maximum Gasteiger partial charge on any atom is 0.178 e. The Morgan fingerprint density at radius 1 is 0.164 bits per heavy atom. The fraction of sp³-hybridized carbons (Fsp3) is 0.0645. The second-order valence-corrected chi connectivity index (χ2v) is 38.7. The molecule has 8 aliphatic rings. The molecule has 0 saturated heterocycles. The van der Waals surface area contributed by atoms with Gasteiger partial charge in [-0.2, -0.15) is 0 Å². The van der Waals surface area contributed by atoms with Crippen molar-refractivity contribution in [3.63, 3.8) is 0 Å². The molecule has 0 unspecified atom stereocenters. The van der Waals surface area contributed by atoms with E-state index in [2.05, 4.69) is 280 Å². The van der Waals surface area contributed by atoms with Gasteiger partial charge in [0, 0.05) is 92.7 Å². The van der Waals surface area contributed by atoms with Crippen LogP contribution in [-0.2, 0) is 51.4 Å². The number of aromatic nitrogens is 16. The Bertz CT molecular complexity index is 10300.